The molecule has 150 valence electrons. The molecule has 4 heteroatoms. The molecule has 0 spiro atoms. The molecule has 1 amide bonds. The number of benzene rings is 2. The summed E-state index contributed by atoms with van der Waals surface area (Å²) in [6, 6.07) is 15.9. The first-order valence-corrected chi connectivity index (χ1v) is 10.4. The van der Waals surface area contributed by atoms with Crippen molar-refractivity contribution in [2.24, 2.45) is 0 Å². The van der Waals surface area contributed by atoms with E-state index in [2.05, 4.69) is 18.3 Å². The summed E-state index contributed by atoms with van der Waals surface area (Å²) in [4.78, 5) is 12.3. The number of unbranched alkanes of at least 4 members (excludes halogenated alkanes) is 1. The van der Waals surface area contributed by atoms with Gasteiger partial charge in [0.25, 0.3) is 5.91 Å². The summed E-state index contributed by atoms with van der Waals surface area (Å²) in [5.41, 5.74) is 1.90. The fourth-order valence-corrected chi connectivity index (χ4v) is 3.51. The number of amides is 1. The summed E-state index contributed by atoms with van der Waals surface area (Å²) in [6.07, 6.45) is 7.78. The van der Waals surface area contributed by atoms with Gasteiger partial charge in [0.2, 0.25) is 0 Å². The quantitative estimate of drug-likeness (QED) is 0.600. The molecule has 2 aromatic carbocycles. The van der Waals surface area contributed by atoms with Crippen LogP contribution in [0.3, 0.4) is 0 Å². The van der Waals surface area contributed by atoms with Gasteiger partial charge in [0.05, 0.1) is 13.2 Å². The second kappa shape index (κ2) is 10.7. The summed E-state index contributed by atoms with van der Waals surface area (Å²) in [7, 11) is 0. The topological polar surface area (TPSA) is 47.6 Å². The predicted molar refractivity (Wildman–Crippen MR) is 112 cm³/mol. The van der Waals surface area contributed by atoms with Gasteiger partial charge in [0, 0.05) is 11.6 Å². The maximum absolute atomic E-state index is 12.3. The van der Waals surface area contributed by atoms with E-state index in [1.54, 1.807) is 0 Å². The average molecular weight is 382 g/mol. The van der Waals surface area contributed by atoms with E-state index in [1.165, 1.54) is 24.8 Å². The summed E-state index contributed by atoms with van der Waals surface area (Å²) in [5.74, 6) is 1.74. The van der Waals surface area contributed by atoms with Crippen LogP contribution in [0.5, 0.6) is 11.5 Å². The Kier molecular flexibility index (Phi) is 7.77. The van der Waals surface area contributed by atoms with Gasteiger partial charge in [-0.3, -0.25) is 4.79 Å². The zero-order valence-corrected chi connectivity index (χ0v) is 16.8. The summed E-state index contributed by atoms with van der Waals surface area (Å²) in [6.45, 7) is 3.39. The maximum atomic E-state index is 12.3. The highest BCUT2D eigenvalue weighted by molar-refractivity contribution is 5.94. The van der Waals surface area contributed by atoms with E-state index in [9.17, 15) is 4.79 Å². The standard InChI is InChI=1S/C24H31NO3/c1-19-8-7-11-23(18-19)28-17-6-5-16-27-22-14-12-20(13-15-22)24(26)25-21-9-3-2-4-10-21/h7-8,11-15,18,21H,2-6,9-10,16-17H2,1H3,(H,25,26). The lowest BCUT2D eigenvalue weighted by atomic mass is 9.95. The first-order valence-electron chi connectivity index (χ1n) is 10.4. The van der Waals surface area contributed by atoms with E-state index in [-0.39, 0.29) is 5.91 Å². The Bertz CT molecular complexity index is 736. The molecule has 0 aliphatic heterocycles. The minimum atomic E-state index is 0.0201. The van der Waals surface area contributed by atoms with Crippen LogP contribution in [-0.2, 0) is 0 Å². The number of nitrogens with one attached hydrogen (secondary N) is 1. The van der Waals surface area contributed by atoms with Gasteiger partial charge in [0.15, 0.2) is 0 Å². The fourth-order valence-electron chi connectivity index (χ4n) is 3.51. The van der Waals surface area contributed by atoms with Crippen LogP contribution in [0.25, 0.3) is 0 Å². The lowest BCUT2D eigenvalue weighted by Crippen LogP contribution is -2.36. The Balaban J connectivity index is 1.32. The molecule has 0 saturated heterocycles. The molecule has 0 atom stereocenters. The molecule has 0 heterocycles. The van der Waals surface area contributed by atoms with Crippen LogP contribution in [0.2, 0.25) is 0 Å². The number of hydrogen-bond acceptors (Lipinski definition) is 3. The summed E-state index contributed by atoms with van der Waals surface area (Å²) in [5, 5.41) is 3.14. The van der Waals surface area contributed by atoms with E-state index in [4.69, 9.17) is 9.47 Å². The highest BCUT2D eigenvalue weighted by atomic mass is 16.5. The van der Waals surface area contributed by atoms with Crippen LogP contribution in [0, 0.1) is 6.92 Å². The Morgan fingerprint density at radius 2 is 1.61 bits per heavy atom. The molecule has 0 unspecified atom stereocenters. The first kappa shape index (κ1) is 20.2. The van der Waals surface area contributed by atoms with Crippen LogP contribution < -0.4 is 14.8 Å². The lowest BCUT2D eigenvalue weighted by molar-refractivity contribution is 0.0927. The molecule has 2 aromatic rings. The molecule has 4 nitrogen and oxygen atoms in total. The van der Waals surface area contributed by atoms with Crippen molar-refractivity contribution in [2.75, 3.05) is 13.2 Å². The highest BCUT2D eigenvalue weighted by Gasteiger charge is 2.16. The second-order valence-electron chi connectivity index (χ2n) is 7.55. The fraction of sp³-hybridized carbons (Fsp3) is 0.458. The van der Waals surface area contributed by atoms with Crippen molar-refractivity contribution in [2.45, 2.75) is 57.9 Å². The van der Waals surface area contributed by atoms with Crippen LogP contribution in [0.15, 0.2) is 48.5 Å². The zero-order chi connectivity index (χ0) is 19.6. The van der Waals surface area contributed by atoms with Crippen LogP contribution in [0.1, 0.15) is 60.9 Å². The smallest absolute Gasteiger partial charge is 0.251 e. The van der Waals surface area contributed by atoms with Gasteiger partial charge in [-0.1, -0.05) is 31.4 Å². The molecule has 0 bridgehead atoms. The lowest BCUT2D eigenvalue weighted by Gasteiger charge is -2.22. The predicted octanol–water partition coefficient (Wildman–Crippen LogP) is 5.30. The van der Waals surface area contributed by atoms with Crippen molar-refractivity contribution in [1.29, 1.82) is 0 Å². The number of rotatable bonds is 9. The average Bonchev–Trinajstić information content (AvgIpc) is 2.72. The van der Waals surface area contributed by atoms with Gasteiger partial charge in [-0.2, -0.15) is 0 Å². The molecule has 0 radical (unpaired) electrons. The Morgan fingerprint density at radius 3 is 2.29 bits per heavy atom. The van der Waals surface area contributed by atoms with Gasteiger partial charge >= 0.3 is 0 Å². The molecule has 1 N–H and O–H groups in total. The number of carbonyl (C=O) groups is 1. The van der Waals surface area contributed by atoms with Crippen molar-refractivity contribution in [1.82, 2.24) is 5.32 Å². The molecule has 1 fully saturated rings. The molecule has 0 aromatic heterocycles. The molecular weight excluding hydrogens is 350 g/mol. The van der Waals surface area contributed by atoms with E-state index in [0.29, 0.717) is 24.8 Å². The minimum Gasteiger partial charge on any atom is -0.494 e. The van der Waals surface area contributed by atoms with Crippen molar-refractivity contribution < 1.29 is 14.3 Å². The number of ether oxygens (including phenoxy) is 2. The van der Waals surface area contributed by atoms with Gasteiger partial charge in [-0.25, -0.2) is 0 Å². The van der Waals surface area contributed by atoms with Crippen molar-refractivity contribution in [3.8, 4) is 11.5 Å². The SMILES string of the molecule is Cc1cccc(OCCCCOc2ccc(C(=O)NC3CCCCC3)cc2)c1. The van der Waals surface area contributed by atoms with Crippen LogP contribution >= 0.6 is 0 Å². The zero-order valence-electron chi connectivity index (χ0n) is 16.8. The van der Waals surface area contributed by atoms with E-state index < -0.39 is 0 Å². The number of aryl methyl sites for hydroxylation is 1. The van der Waals surface area contributed by atoms with E-state index in [0.717, 1.165) is 37.2 Å². The Morgan fingerprint density at radius 1 is 0.929 bits per heavy atom. The normalized spacial score (nSPS) is 14.5. The second-order valence-corrected chi connectivity index (χ2v) is 7.55. The molecular formula is C24H31NO3. The minimum absolute atomic E-state index is 0.0201. The maximum Gasteiger partial charge on any atom is 0.251 e. The van der Waals surface area contributed by atoms with Gasteiger partial charge in [0.1, 0.15) is 11.5 Å². The van der Waals surface area contributed by atoms with Crippen molar-refractivity contribution in [3.63, 3.8) is 0 Å². The first-order chi connectivity index (χ1) is 13.7. The van der Waals surface area contributed by atoms with Crippen molar-refractivity contribution in [3.05, 3.63) is 59.7 Å². The molecule has 1 saturated carbocycles. The summed E-state index contributed by atoms with van der Waals surface area (Å²) >= 11 is 0. The highest BCUT2D eigenvalue weighted by Crippen LogP contribution is 2.19. The van der Waals surface area contributed by atoms with Gasteiger partial charge in [-0.15, -0.1) is 0 Å². The number of hydrogen-bond donors (Lipinski definition) is 1. The van der Waals surface area contributed by atoms with Crippen molar-refractivity contribution >= 4 is 5.91 Å². The molecule has 28 heavy (non-hydrogen) atoms. The largest absolute Gasteiger partial charge is 0.494 e. The van der Waals surface area contributed by atoms with E-state index >= 15 is 0 Å². The Hall–Kier alpha value is -2.49. The third-order valence-corrected chi connectivity index (χ3v) is 5.12. The van der Waals surface area contributed by atoms with Gasteiger partial charge < -0.3 is 14.8 Å². The van der Waals surface area contributed by atoms with Crippen LogP contribution in [0.4, 0.5) is 0 Å². The summed E-state index contributed by atoms with van der Waals surface area (Å²) < 4.78 is 11.5. The Labute approximate surface area is 168 Å². The number of carbonyl (C=O) groups excluding carboxylic acids is 1. The van der Waals surface area contributed by atoms with Gasteiger partial charge in [-0.05, 0) is 74.6 Å². The molecule has 1 aliphatic carbocycles. The monoisotopic (exact) mass is 381 g/mol. The molecule has 1 aliphatic rings. The van der Waals surface area contributed by atoms with Crippen LogP contribution in [-0.4, -0.2) is 25.2 Å². The molecule has 3 rings (SSSR count). The van der Waals surface area contributed by atoms with E-state index in [1.807, 2.05) is 42.5 Å². The third-order valence-electron chi connectivity index (χ3n) is 5.12. The third kappa shape index (κ3) is 6.59.